The van der Waals surface area contributed by atoms with Gasteiger partial charge in [-0.1, -0.05) is 0 Å². The largest absolute Gasteiger partial charge is 0.318 e. The van der Waals surface area contributed by atoms with Gasteiger partial charge in [0.25, 0.3) is 0 Å². The summed E-state index contributed by atoms with van der Waals surface area (Å²) in [5.74, 6) is 0.593. The van der Waals surface area contributed by atoms with E-state index in [-0.39, 0.29) is 0 Å². The zero-order chi connectivity index (χ0) is 8.55. The topological polar surface area (TPSA) is 43.6 Å². The Morgan fingerprint density at radius 2 is 2.25 bits per heavy atom. The molecule has 2 aromatic rings. The van der Waals surface area contributed by atoms with E-state index in [0.717, 1.165) is 16.9 Å². The summed E-state index contributed by atoms with van der Waals surface area (Å²) in [4.78, 5) is 12.4. The van der Waals surface area contributed by atoms with Gasteiger partial charge in [-0.3, -0.25) is 0 Å². The number of aromatic nitrogens is 4. The summed E-state index contributed by atoms with van der Waals surface area (Å²) in [6, 6.07) is 0. The first-order valence-electron chi connectivity index (χ1n) is 3.54. The molecule has 0 radical (unpaired) electrons. The van der Waals surface area contributed by atoms with Crippen molar-refractivity contribution in [2.24, 2.45) is 7.05 Å². The van der Waals surface area contributed by atoms with Gasteiger partial charge >= 0.3 is 0 Å². The summed E-state index contributed by atoms with van der Waals surface area (Å²) >= 11 is 4.16. The van der Waals surface area contributed by atoms with Crippen molar-refractivity contribution >= 4 is 23.8 Å². The molecule has 0 spiro atoms. The van der Waals surface area contributed by atoms with Crippen LogP contribution in [-0.4, -0.2) is 19.5 Å². The molecule has 5 heteroatoms. The number of imidazole rings is 1. The van der Waals surface area contributed by atoms with Crippen molar-refractivity contribution in [2.75, 3.05) is 0 Å². The van der Waals surface area contributed by atoms with Gasteiger partial charge in [0.1, 0.15) is 11.8 Å². The third-order valence-electron chi connectivity index (χ3n) is 1.72. The van der Waals surface area contributed by atoms with E-state index in [2.05, 4.69) is 27.6 Å². The van der Waals surface area contributed by atoms with Crippen LogP contribution < -0.4 is 0 Å². The predicted octanol–water partition coefficient (Wildman–Crippen LogP) is 0.793. The van der Waals surface area contributed by atoms with Crippen molar-refractivity contribution in [1.29, 1.82) is 0 Å². The van der Waals surface area contributed by atoms with E-state index in [9.17, 15) is 0 Å². The predicted molar refractivity (Wildman–Crippen MR) is 49.0 cm³/mol. The molecule has 0 saturated carbocycles. The maximum Gasteiger partial charge on any atom is 0.163 e. The molecule has 0 fully saturated rings. The normalized spacial score (nSPS) is 10.8. The van der Waals surface area contributed by atoms with Crippen molar-refractivity contribution < 1.29 is 0 Å². The highest BCUT2D eigenvalue weighted by atomic mass is 32.1. The Balaban J connectivity index is 2.81. The molecule has 2 heterocycles. The molecule has 12 heavy (non-hydrogen) atoms. The highest BCUT2D eigenvalue weighted by Crippen LogP contribution is 2.12. The van der Waals surface area contributed by atoms with E-state index in [0.29, 0.717) is 5.75 Å². The molecular formula is C7H8N4S. The standard InChI is InChI=1S/C7H8N4S/c1-11-4-10-6-5(2-12)8-3-9-7(6)11/h3-4,12H,2H2,1H3. The van der Waals surface area contributed by atoms with Crippen molar-refractivity contribution in [3.8, 4) is 0 Å². The lowest BCUT2D eigenvalue weighted by Gasteiger charge is -1.95. The van der Waals surface area contributed by atoms with E-state index in [1.54, 1.807) is 6.33 Å². The van der Waals surface area contributed by atoms with Gasteiger partial charge in [-0.05, 0) is 0 Å². The van der Waals surface area contributed by atoms with Crippen molar-refractivity contribution in [3.63, 3.8) is 0 Å². The number of aryl methyl sites for hydroxylation is 1. The molecule has 0 aromatic carbocycles. The van der Waals surface area contributed by atoms with Crippen LogP contribution in [0.4, 0.5) is 0 Å². The van der Waals surface area contributed by atoms with Gasteiger partial charge in [-0.15, -0.1) is 0 Å². The monoisotopic (exact) mass is 180 g/mol. The minimum Gasteiger partial charge on any atom is -0.318 e. The van der Waals surface area contributed by atoms with Gasteiger partial charge in [0, 0.05) is 12.8 Å². The third-order valence-corrected chi connectivity index (χ3v) is 2.02. The van der Waals surface area contributed by atoms with Gasteiger partial charge in [0.15, 0.2) is 5.65 Å². The number of rotatable bonds is 1. The van der Waals surface area contributed by atoms with Gasteiger partial charge in [0.2, 0.25) is 0 Å². The number of fused-ring (bicyclic) bond motifs is 1. The molecule has 0 unspecified atom stereocenters. The quantitative estimate of drug-likeness (QED) is 0.660. The molecule has 0 aliphatic carbocycles. The van der Waals surface area contributed by atoms with E-state index in [4.69, 9.17) is 0 Å². The van der Waals surface area contributed by atoms with Crippen LogP contribution in [0.3, 0.4) is 0 Å². The molecule has 2 rings (SSSR count). The molecule has 0 atom stereocenters. The van der Waals surface area contributed by atoms with Crippen LogP contribution in [0.5, 0.6) is 0 Å². The average Bonchev–Trinajstić information content (AvgIpc) is 2.48. The molecule has 62 valence electrons. The number of thiol groups is 1. The lowest BCUT2D eigenvalue weighted by Crippen LogP contribution is -1.92. The van der Waals surface area contributed by atoms with Crippen LogP contribution in [0.25, 0.3) is 11.2 Å². The first-order valence-corrected chi connectivity index (χ1v) is 4.18. The smallest absolute Gasteiger partial charge is 0.163 e. The summed E-state index contributed by atoms with van der Waals surface area (Å²) in [7, 11) is 1.91. The number of hydrogen-bond acceptors (Lipinski definition) is 4. The van der Waals surface area contributed by atoms with Crippen molar-refractivity contribution in [2.45, 2.75) is 5.75 Å². The lowest BCUT2D eigenvalue weighted by molar-refractivity contribution is 0.927. The van der Waals surface area contributed by atoms with Crippen LogP contribution in [0.2, 0.25) is 0 Å². The maximum atomic E-state index is 4.18. The van der Waals surface area contributed by atoms with Gasteiger partial charge in [-0.2, -0.15) is 12.6 Å². The first kappa shape index (κ1) is 7.54. The van der Waals surface area contributed by atoms with E-state index < -0.39 is 0 Å². The third kappa shape index (κ3) is 0.972. The van der Waals surface area contributed by atoms with Crippen LogP contribution in [0.15, 0.2) is 12.7 Å². The Kier molecular flexibility index (Phi) is 1.73. The zero-order valence-electron chi connectivity index (χ0n) is 6.60. The minimum absolute atomic E-state index is 0.593. The molecule has 2 aromatic heterocycles. The van der Waals surface area contributed by atoms with Crippen molar-refractivity contribution in [1.82, 2.24) is 19.5 Å². The molecule has 0 saturated heterocycles. The summed E-state index contributed by atoms with van der Waals surface area (Å²) in [6.45, 7) is 0. The van der Waals surface area contributed by atoms with E-state index in [1.807, 2.05) is 11.6 Å². The van der Waals surface area contributed by atoms with E-state index >= 15 is 0 Å². The molecule has 0 N–H and O–H groups in total. The molecule has 0 amide bonds. The Morgan fingerprint density at radius 1 is 1.42 bits per heavy atom. The number of nitrogens with zero attached hydrogens (tertiary/aromatic N) is 4. The summed E-state index contributed by atoms with van der Waals surface area (Å²) < 4.78 is 1.87. The van der Waals surface area contributed by atoms with Crippen molar-refractivity contribution in [3.05, 3.63) is 18.3 Å². The lowest BCUT2D eigenvalue weighted by atomic mass is 10.4. The minimum atomic E-state index is 0.593. The SMILES string of the molecule is Cn1cnc2c(CS)ncnc21. The summed E-state index contributed by atoms with van der Waals surface area (Å²) in [5.41, 5.74) is 2.58. The second kappa shape index (κ2) is 2.75. The molecular weight excluding hydrogens is 172 g/mol. The highest BCUT2D eigenvalue weighted by Gasteiger charge is 2.05. The number of hydrogen-bond donors (Lipinski definition) is 1. The van der Waals surface area contributed by atoms with Gasteiger partial charge < -0.3 is 4.57 Å². The first-order chi connectivity index (χ1) is 5.83. The molecule has 0 aliphatic rings. The molecule has 0 aliphatic heterocycles. The van der Waals surface area contributed by atoms with Crippen LogP contribution in [0.1, 0.15) is 5.69 Å². The fourth-order valence-corrected chi connectivity index (χ4v) is 1.34. The Hall–Kier alpha value is -1.10. The highest BCUT2D eigenvalue weighted by molar-refractivity contribution is 7.79. The van der Waals surface area contributed by atoms with E-state index in [1.165, 1.54) is 6.33 Å². The summed E-state index contributed by atoms with van der Waals surface area (Å²) in [5, 5.41) is 0. The fourth-order valence-electron chi connectivity index (χ4n) is 1.11. The Morgan fingerprint density at radius 3 is 3.00 bits per heavy atom. The maximum absolute atomic E-state index is 4.18. The van der Waals surface area contributed by atoms with Crippen LogP contribution >= 0.6 is 12.6 Å². The average molecular weight is 180 g/mol. The second-order valence-corrected chi connectivity index (χ2v) is 2.82. The molecule has 4 nitrogen and oxygen atoms in total. The van der Waals surface area contributed by atoms with Crippen LogP contribution in [0, 0.1) is 0 Å². The van der Waals surface area contributed by atoms with Crippen LogP contribution in [-0.2, 0) is 12.8 Å². The zero-order valence-corrected chi connectivity index (χ0v) is 7.49. The van der Waals surface area contributed by atoms with Gasteiger partial charge in [0.05, 0.1) is 12.0 Å². The Bertz CT molecular complexity index is 409. The fraction of sp³-hybridized carbons (Fsp3) is 0.286. The molecule has 0 bridgehead atoms. The Labute approximate surface area is 75.1 Å². The second-order valence-electron chi connectivity index (χ2n) is 2.51. The summed E-state index contributed by atoms with van der Waals surface area (Å²) in [6.07, 6.45) is 3.27. The van der Waals surface area contributed by atoms with Gasteiger partial charge in [-0.25, -0.2) is 15.0 Å².